The molecule has 0 saturated heterocycles. The molecule has 0 unspecified atom stereocenters. The number of hydrazine groups is 1. The molecule has 0 aromatic heterocycles. The number of alkyl halides is 3. The molecule has 0 aliphatic heterocycles. The normalized spacial score (nSPS) is 12.4. The number of hydrazone groups is 1. The number of anilines is 2. The van der Waals surface area contributed by atoms with Crippen molar-refractivity contribution in [1.82, 2.24) is 5.43 Å². The molecule has 0 spiro atoms. The van der Waals surface area contributed by atoms with Crippen molar-refractivity contribution in [2.75, 3.05) is 9.73 Å². The van der Waals surface area contributed by atoms with Gasteiger partial charge in [0.2, 0.25) is 0 Å². The van der Waals surface area contributed by atoms with Crippen LogP contribution in [0.25, 0.3) is 0 Å². The minimum Gasteiger partial charge on any atom is -0.275 e. The highest BCUT2D eigenvalue weighted by Gasteiger charge is 2.46. The number of carbonyl (C=O) groups excluding carboxylic acids is 1. The highest BCUT2D eigenvalue weighted by Crippen LogP contribution is 2.29. The molecule has 4 N–H and O–H groups in total. The topological polar surface area (TPSA) is 117 Å². The number of nitrogens with one attached hydrogen (secondary N) is 2. The maximum atomic E-state index is 12.7. The largest absolute Gasteiger partial charge is 0.516 e. The number of amides is 2. The zero-order chi connectivity index (χ0) is 22.7. The van der Waals surface area contributed by atoms with Gasteiger partial charge in [-0.1, -0.05) is 35.3 Å². The molecule has 2 rings (SSSR count). The number of sulfonamides is 1. The van der Waals surface area contributed by atoms with Gasteiger partial charge in [-0.15, -0.1) is 0 Å². The number of hydrogen-bond donors (Lipinski definition) is 3. The fourth-order valence-corrected chi connectivity index (χ4v) is 3.09. The number of rotatable bonds is 5. The molecule has 30 heavy (non-hydrogen) atoms. The third-order valence-corrected chi connectivity index (χ3v) is 5.22. The number of hydrogen-bond acceptors (Lipinski definition) is 5. The van der Waals surface area contributed by atoms with E-state index in [1.54, 1.807) is 12.1 Å². The van der Waals surface area contributed by atoms with E-state index in [1.165, 1.54) is 35.9 Å². The Kier molecular flexibility index (Phi) is 7.18. The summed E-state index contributed by atoms with van der Waals surface area (Å²) in [6.45, 7) is 1.31. The van der Waals surface area contributed by atoms with Gasteiger partial charge < -0.3 is 0 Å². The zero-order valence-corrected chi connectivity index (χ0v) is 17.4. The second kappa shape index (κ2) is 9.08. The van der Waals surface area contributed by atoms with E-state index in [-0.39, 0.29) is 27.0 Å². The van der Waals surface area contributed by atoms with Crippen LogP contribution in [-0.4, -0.2) is 25.7 Å². The summed E-state index contributed by atoms with van der Waals surface area (Å²) in [5.74, 6) is 5.68. The van der Waals surface area contributed by atoms with Crippen LogP contribution in [0, 0.1) is 0 Å². The van der Waals surface area contributed by atoms with Crippen molar-refractivity contribution < 1.29 is 26.4 Å². The Balaban J connectivity index is 2.29. The van der Waals surface area contributed by atoms with Crippen LogP contribution in [0.4, 0.5) is 29.3 Å². The van der Waals surface area contributed by atoms with Gasteiger partial charge in [-0.05, 0) is 37.3 Å². The number of nitrogens with two attached hydrogens (primary N) is 1. The first-order valence-electron chi connectivity index (χ1n) is 7.86. The summed E-state index contributed by atoms with van der Waals surface area (Å²) in [5, 5.41) is 4.70. The summed E-state index contributed by atoms with van der Waals surface area (Å²) >= 11 is 11.8. The average Bonchev–Trinajstić information content (AvgIpc) is 2.66. The monoisotopic (exact) mass is 483 g/mol. The van der Waals surface area contributed by atoms with Crippen molar-refractivity contribution in [1.29, 1.82) is 0 Å². The van der Waals surface area contributed by atoms with E-state index in [0.29, 0.717) is 5.01 Å². The molecule has 0 radical (unpaired) electrons. The van der Waals surface area contributed by atoms with E-state index >= 15 is 0 Å². The lowest BCUT2D eigenvalue weighted by Crippen LogP contribution is -2.43. The van der Waals surface area contributed by atoms with Crippen molar-refractivity contribution in [2.45, 2.75) is 12.4 Å². The van der Waals surface area contributed by atoms with Crippen LogP contribution in [0.5, 0.6) is 0 Å². The standard InChI is InChI=1S/C16H14Cl2F3N5O3S/c1-9(23-24-15(27)26(22)14-5-3-2-4-12(14)18)11-8-10(17)6-7-13(11)25-30(28,29)16(19,20)21/h2-8,25H,22H2,1H3,(H,24,27)/b23-9+. The summed E-state index contributed by atoms with van der Waals surface area (Å²) in [6, 6.07) is 8.67. The lowest BCUT2D eigenvalue weighted by Gasteiger charge is -2.17. The average molecular weight is 484 g/mol. The second-order valence-electron chi connectivity index (χ2n) is 5.68. The Morgan fingerprint density at radius 2 is 1.80 bits per heavy atom. The van der Waals surface area contributed by atoms with Gasteiger partial charge in [-0.3, -0.25) is 4.72 Å². The molecule has 0 aliphatic carbocycles. The Morgan fingerprint density at radius 3 is 2.40 bits per heavy atom. The van der Waals surface area contributed by atoms with Crippen LogP contribution in [0.1, 0.15) is 12.5 Å². The predicted octanol–water partition coefficient (Wildman–Crippen LogP) is 4.07. The molecule has 0 aliphatic rings. The molecular formula is C16H14Cl2F3N5O3S. The predicted molar refractivity (Wildman–Crippen MR) is 109 cm³/mol. The molecule has 0 bridgehead atoms. The first-order valence-corrected chi connectivity index (χ1v) is 10.1. The number of urea groups is 1. The van der Waals surface area contributed by atoms with Gasteiger partial charge in [0.1, 0.15) is 0 Å². The summed E-state index contributed by atoms with van der Waals surface area (Å²) < 4.78 is 62.3. The maximum Gasteiger partial charge on any atom is 0.516 e. The van der Waals surface area contributed by atoms with E-state index in [2.05, 4.69) is 10.5 Å². The molecule has 2 amide bonds. The van der Waals surface area contributed by atoms with Gasteiger partial charge in [0.25, 0.3) is 0 Å². The summed E-state index contributed by atoms with van der Waals surface area (Å²) in [4.78, 5) is 12.2. The maximum absolute atomic E-state index is 12.7. The zero-order valence-electron chi connectivity index (χ0n) is 15.0. The molecular weight excluding hydrogens is 470 g/mol. The molecule has 8 nitrogen and oxygen atoms in total. The van der Waals surface area contributed by atoms with Gasteiger partial charge in [-0.2, -0.15) is 26.7 Å². The third-order valence-electron chi connectivity index (χ3n) is 3.57. The highest BCUT2D eigenvalue weighted by molar-refractivity contribution is 7.93. The molecule has 14 heteroatoms. The molecule has 0 atom stereocenters. The molecule has 0 saturated carbocycles. The SMILES string of the molecule is C/C(=N\NC(=O)N(N)c1ccccc1Cl)c1cc(Cl)ccc1NS(=O)(=O)C(F)(F)F. The van der Waals surface area contributed by atoms with E-state index in [9.17, 15) is 26.4 Å². The fraction of sp³-hybridized carbons (Fsp3) is 0.125. The lowest BCUT2D eigenvalue weighted by atomic mass is 10.1. The first kappa shape index (κ1) is 23.7. The van der Waals surface area contributed by atoms with Gasteiger partial charge in [0, 0.05) is 10.6 Å². The number of benzene rings is 2. The van der Waals surface area contributed by atoms with Crippen molar-refractivity contribution in [2.24, 2.45) is 10.9 Å². The number of nitrogens with zero attached hydrogens (tertiary/aromatic N) is 2. The lowest BCUT2D eigenvalue weighted by molar-refractivity contribution is -0.0429. The number of para-hydroxylation sites is 1. The van der Waals surface area contributed by atoms with Crippen LogP contribution in [0.15, 0.2) is 47.6 Å². The second-order valence-corrected chi connectivity index (χ2v) is 8.19. The van der Waals surface area contributed by atoms with E-state index in [0.717, 1.165) is 6.07 Å². The van der Waals surface area contributed by atoms with Crippen LogP contribution >= 0.6 is 23.2 Å². The van der Waals surface area contributed by atoms with Gasteiger partial charge in [-0.25, -0.2) is 21.1 Å². The quantitative estimate of drug-likeness (QED) is 0.257. The van der Waals surface area contributed by atoms with E-state index < -0.39 is 27.3 Å². The smallest absolute Gasteiger partial charge is 0.275 e. The fourth-order valence-electron chi connectivity index (χ4n) is 2.11. The Morgan fingerprint density at radius 1 is 1.17 bits per heavy atom. The van der Waals surface area contributed by atoms with Crippen molar-refractivity contribution >= 4 is 56.3 Å². The van der Waals surface area contributed by atoms with E-state index in [1.807, 2.05) is 0 Å². The van der Waals surface area contributed by atoms with Crippen LogP contribution in [-0.2, 0) is 10.0 Å². The summed E-state index contributed by atoms with van der Waals surface area (Å²) in [5.41, 5.74) is -3.86. The van der Waals surface area contributed by atoms with Gasteiger partial charge >= 0.3 is 21.6 Å². The van der Waals surface area contributed by atoms with E-state index in [4.69, 9.17) is 29.0 Å². The van der Waals surface area contributed by atoms with Crippen LogP contribution in [0.3, 0.4) is 0 Å². The summed E-state index contributed by atoms with van der Waals surface area (Å²) in [6.07, 6.45) is 0. The minimum absolute atomic E-state index is 0.0571. The van der Waals surface area contributed by atoms with Gasteiger partial charge in [0.05, 0.1) is 22.1 Å². The molecule has 162 valence electrons. The Hall–Kier alpha value is -2.54. The number of halogens is 5. The van der Waals surface area contributed by atoms with Crippen molar-refractivity contribution in [3.63, 3.8) is 0 Å². The van der Waals surface area contributed by atoms with Gasteiger partial charge in [0.15, 0.2) is 0 Å². The molecule has 0 heterocycles. The van der Waals surface area contributed by atoms with Crippen molar-refractivity contribution in [3.05, 3.63) is 58.1 Å². The summed E-state index contributed by atoms with van der Waals surface area (Å²) in [7, 11) is -5.68. The first-order chi connectivity index (χ1) is 13.8. The molecule has 2 aromatic carbocycles. The Bertz CT molecular complexity index is 1090. The Labute approximate surface area is 179 Å². The van der Waals surface area contributed by atoms with Crippen molar-refractivity contribution in [3.8, 4) is 0 Å². The third kappa shape index (κ3) is 5.53. The van der Waals surface area contributed by atoms with Crippen LogP contribution in [0.2, 0.25) is 10.0 Å². The van der Waals surface area contributed by atoms with Crippen LogP contribution < -0.4 is 21.0 Å². The highest BCUT2D eigenvalue weighted by atomic mass is 35.5. The number of carbonyl (C=O) groups is 1. The minimum atomic E-state index is -5.68. The molecule has 0 fully saturated rings. The molecule has 2 aromatic rings.